The van der Waals surface area contributed by atoms with Gasteiger partial charge < -0.3 is 15.1 Å². The van der Waals surface area contributed by atoms with Crippen LogP contribution >= 0.6 is 0 Å². The lowest BCUT2D eigenvalue weighted by atomic mass is 10.2. The predicted molar refractivity (Wildman–Crippen MR) is 92.4 cm³/mol. The van der Waals surface area contributed by atoms with Gasteiger partial charge in [0.05, 0.1) is 18.8 Å². The average molecular weight is 320 g/mol. The number of rotatable bonds is 8. The minimum absolute atomic E-state index is 0.113. The molecule has 1 saturated heterocycles. The lowest BCUT2D eigenvalue weighted by Crippen LogP contribution is -2.47. The van der Waals surface area contributed by atoms with Crippen LogP contribution in [0.25, 0.3) is 0 Å². The minimum Gasteiger partial charge on any atom is -0.382 e. The molecule has 2 rings (SSSR count). The minimum atomic E-state index is -0.113. The summed E-state index contributed by atoms with van der Waals surface area (Å²) in [5.41, 5.74) is 1.06. The molecule has 2 heterocycles. The van der Waals surface area contributed by atoms with Gasteiger partial charge in [0, 0.05) is 32.3 Å². The van der Waals surface area contributed by atoms with E-state index < -0.39 is 0 Å². The Bertz CT molecular complexity index is 487. The number of aromatic nitrogens is 1. The largest absolute Gasteiger partial charge is 0.382 e. The van der Waals surface area contributed by atoms with Crippen molar-refractivity contribution in [3.05, 3.63) is 18.3 Å². The summed E-state index contributed by atoms with van der Waals surface area (Å²) in [6, 6.07) is 3.99. The van der Waals surface area contributed by atoms with E-state index in [9.17, 15) is 4.79 Å². The number of pyridine rings is 1. The molecule has 128 valence electrons. The SMILES string of the molecule is CCCCCC(=O)ON1CCN(c2ncccc2NCC)CC1. The van der Waals surface area contributed by atoms with Crippen LogP contribution in [0.4, 0.5) is 11.5 Å². The highest BCUT2D eigenvalue weighted by molar-refractivity contribution is 5.69. The molecule has 0 unspecified atom stereocenters. The highest BCUT2D eigenvalue weighted by Gasteiger charge is 2.22. The Morgan fingerprint density at radius 3 is 2.74 bits per heavy atom. The van der Waals surface area contributed by atoms with Crippen LogP contribution in [-0.4, -0.2) is 48.7 Å². The van der Waals surface area contributed by atoms with Gasteiger partial charge in [0.15, 0.2) is 5.82 Å². The summed E-state index contributed by atoms with van der Waals surface area (Å²) < 4.78 is 0. The smallest absolute Gasteiger partial charge is 0.325 e. The number of hydrogen-bond donors (Lipinski definition) is 1. The summed E-state index contributed by atoms with van der Waals surface area (Å²) in [4.78, 5) is 23.9. The van der Waals surface area contributed by atoms with Gasteiger partial charge >= 0.3 is 5.97 Å². The van der Waals surface area contributed by atoms with Gasteiger partial charge in [0.1, 0.15) is 0 Å². The number of carbonyl (C=O) groups excluding carboxylic acids is 1. The van der Waals surface area contributed by atoms with E-state index >= 15 is 0 Å². The Labute approximate surface area is 138 Å². The molecule has 1 aliphatic heterocycles. The normalized spacial score (nSPS) is 15.5. The molecular formula is C17H28N4O2. The van der Waals surface area contributed by atoms with Crippen molar-refractivity contribution in [3.63, 3.8) is 0 Å². The number of hydroxylamine groups is 2. The maximum Gasteiger partial charge on any atom is 0.325 e. The van der Waals surface area contributed by atoms with Crippen molar-refractivity contribution in [2.45, 2.75) is 39.5 Å². The fourth-order valence-corrected chi connectivity index (χ4v) is 2.68. The summed E-state index contributed by atoms with van der Waals surface area (Å²) in [5.74, 6) is 0.862. The van der Waals surface area contributed by atoms with Gasteiger partial charge in [-0.1, -0.05) is 19.8 Å². The van der Waals surface area contributed by atoms with E-state index in [1.807, 2.05) is 18.3 Å². The molecule has 6 heteroatoms. The summed E-state index contributed by atoms with van der Waals surface area (Å²) >= 11 is 0. The second-order valence-corrected chi connectivity index (χ2v) is 5.74. The van der Waals surface area contributed by atoms with Gasteiger partial charge in [0.2, 0.25) is 0 Å². The molecule has 0 amide bonds. The van der Waals surface area contributed by atoms with E-state index in [2.05, 4.69) is 29.0 Å². The van der Waals surface area contributed by atoms with Crippen molar-refractivity contribution in [1.82, 2.24) is 10.0 Å². The maximum atomic E-state index is 11.8. The molecule has 1 N–H and O–H groups in total. The summed E-state index contributed by atoms with van der Waals surface area (Å²) in [6.07, 6.45) is 5.43. The Morgan fingerprint density at radius 1 is 1.26 bits per heavy atom. The maximum absolute atomic E-state index is 11.8. The standard InChI is InChI=1S/C17H28N4O2/c1-3-5-6-9-16(22)23-21-13-11-20(12-14-21)17-15(18-4-2)8-7-10-19-17/h7-8,10,18H,3-6,9,11-14H2,1-2H3. The van der Waals surface area contributed by atoms with Gasteiger partial charge in [-0.15, -0.1) is 5.06 Å². The molecular weight excluding hydrogens is 292 g/mol. The highest BCUT2D eigenvalue weighted by atomic mass is 16.7. The van der Waals surface area contributed by atoms with Crippen LogP contribution in [0.3, 0.4) is 0 Å². The summed E-state index contributed by atoms with van der Waals surface area (Å²) in [7, 11) is 0. The van der Waals surface area contributed by atoms with E-state index in [-0.39, 0.29) is 5.97 Å². The summed E-state index contributed by atoms with van der Waals surface area (Å²) in [6.45, 7) is 8.10. The van der Waals surface area contributed by atoms with Gasteiger partial charge in [-0.05, 0) is 25.5 Å². The van der Waals surface area contributed by atoms with Gasteiger partial charge in [-0.3, -0.25) is 4.79 Å². The van der Waals surface area contributed by atoms with Crippen molar-refractivity contribution < 1.29 is 9.63 Å². The lowest BCUT2D eigenvalue weighted by Gasteiger charge is -2.34. The van der Waals surface area contributed by atoms with Crippen LogP contribution in [0.5, 0.6) is 0 Å². The molecule has 6 nitrogen and oxygen atoms in total. The predicted octanol–water partition coefficient (Wildman–Crippen LogP) is 2.67. The first-order valence-corrected chi connectivity index (χ1v) is 8.64. The third kappa shape index (κ3) is 5.39. The lowest BCUT2D eigenvalue weighted by molar-refractivity contribution is -0.191. The zero-order valence-electron chi connectivity index (χ0n) is 14.3. The van der Waals surface area contributed by atoms with Crippen LogP contribution < -0.4 is 10.2 Å². The van der Waals surface area contributed by atoms with E-state index in [0.29, 0.717) is 19.5 Å². The Kier molecular flexibility index (Phi) is 7.13. The number of nitrogens with one attached hydrogen (secondary N) is 1. The molecule has 0 radical (unpaired) electrons. The molecule has 23 heavy (non-hydrogen) atoms. The molecule has 0 aliphatic carbocycles. The second kappa shape index (κ2) is 9.35. The first kappa shape index (κ1) is 17.5. The second-order valence-electron chi connectivity index (χ2n) is 5.74. The highest BCUT2D eigenvalue weighted by Crippen LogP contribution is 2.23. The van der Waals surface area contributed by atoms with E-state index in [1.54, 1.807) is 5.06 Å². The number of unbranched alkanes of at least 4 members (excludes halogenated alkanes) is 2. The van der Waals surface area contributed by atoms with Gasteiger partial charge in [-0.25, -0.2) is 4.98 Å². The van der Waals surface area contributed by atoms with Crippen LogP contribution in [0.15, 0.2) is 18.3 Å². The molecule has 1 aliphatic rings. The van der Waals surface area contributed by atoms with Crippen molar-refractivity contribution in [1.29, 1.82) is 0 Å². The number of hydrogen-bond acceptors (Lipinski definition) is 6. The van der Waals surface area contributed by atoms with Crippen LogP contribution in [0.1, 0.15) is 39.5 Å². The Morgan fingerprint density at radius 2 is 2.04 bits per heavy atom. The molecule has 1 aromatic rings. The number of carbonyl (C=O) groups is 1. The van der Waals surface area contributed by atoms with Crippen molar-refractivity contribution in [2.75, 3.05) is 42.9 Å². The zero-order valence-corrected chi connectivity index (χ0v) is 14.3. The fourth-order valence-electron chi connectivity index (χ4n) is 2.68. The molecule has 0 aromatic carbocycles. The summed E-state index contributed by atoms with van der Waals surface area (Å²) in [5, 5.41) is 5.12. The van der Waals surface area contributed by atoms with E-state index in [0.717, 1.165) is 50.4 Å². The third-order valence-electron chi connectivity index (χ3n) is 3.91. The van der Waals surface area contributed by atoms with Crippen molar-refractivity contribution in [2.24, 2.45) is 0 Å². The topological polar surface area (TPSA) is 57.7 Å². The average Bonchev–Trinajstić information content (AvgIpc) is 2.57. The number of piperazine rings is 1. The number of nitrogens with zero attached hydrogens (tertiary/aromatic N) is 3. The monoisotopic (exact) mass is 320 g/mol. The quantitative estimate of drug-likeness (QED) is 0.743. The van der Waals surface area contributed by atoms with Crippen LogP contribution in [0, 0.1) is 0 Å². The van der Waals surface area contributed by atoms with Crippen molar-refractivity contribution >= 4 is 17.5 Å². The molecule has 0 bridgehead atoms. The Balaban J connectivity index is 1.81. The molecule has 0 spiro atoms. The first-order chi connectivity index (χ1) is 11.2. The third-order valence-corrected chi connectivity index (χ3v) is 3.91. The van der Waals surface area contributed by atoms with Crippen molar-refractivity contribution in [3.8, 4) is 0 Å². The van der Waals surface area contributed by atoms with Gasteiger partial charge in [0.25, 0.3) is 0 Å². The molecule has 1 fully saturated rings. The molecule has 0 atom stereocenters. The molecule has 1 aromatic heterocycles. The fraction of sp³-hybridized carbons (Fsp3) is 0.647. The van der Waals surface area contributed by atoms with E-state index in [4.69, 9.17) is 4.84 Å². The van der Waals surface area contributed by atoms with Crippen LogP contribution in [0.2, 0.25) is 0 Å². The molecule has 0 saturated carbocycles. The van der Waals surface area contributed by atoms with E-state index in [1.165, 1.54) is 0 Å². The first-order valence-electron chi connectivity index (χ1n) is 8.64. The van der Waals surface area contributed by atoms with Crippen LogP contribution in [-0.2, 0) is 9.63 Å². The number of anilines is 2. The van der Waals surface area contributed by atoms with Gasteiger partial charge in [-0.2, -0.15) is 0 Å². The zero-order chi connectivity index (χ0) is 16.5. The Hall–Kier alpha value is -1.82.